The predicted octanol–water partition coefficient (Wildman–Crippen LogP) is 2.08. The van der Waals surface area contributed by atoms with E-state index >= 15 is 0 Å². The summed E-state index contributed by atoms with van der Waals surface area (Å²) in [7, 11) is 0. The number of aromatic hydroxyl groups is 1. The zero-order chi connectivity index (χ0) is 13.9. The Balaban J connectivity index is 3.15. The molecule has 0 spiro atoms. The molecule has 0 fully saturated rings. The first-order valence-electron chi connectivity index (χ1n) is 5.65. The minimum Gasteiger partial charge on any atom is -0.507 e. The van der Waals surface area contributed by atoms with Crippen molar-refractivity contribution in [3.05, 3.63) is 29.3 Å². The molecule has 0 atom stereocenters. The Morgan fingerprint density at radius 1 is 1.39 bits per heavy atom. The number of hydrogen-bond donors (Lipinski definition) is 3. The Labute approximate surface area is 107 Å². The van der Waals surface area contributed by atoms with Crippen LogP contribution in [-0.4, -0.2) is 16.8 Å². The van der Waals surface area contributed by atoms with Gasteiger partial charge in [-0.3, -0.25) is 0 Å². The largest absolute Gasteiger partial charge is 0.507 e. The molecule has 98 valence electrons. The number of carbonyl (C=O) groups excluding carboxylic acids is 1. The van der Waals surface area contributed by atoms with E-state index in [1.165, 1.54) is 0 Å². The molecule has 4 N–H and O–H groups in total. The molecule has 5 nitrogen and oxygen atoms in total. The van der Waals surface area contributed by atoms with Gasteiger partial charge in [0.25, 0.3) is 0 Å². The highest BCUT2D eigenvalue weighted by molar-refractivity contribution is 6.01. The second-order valence-electron chi connectivity index (χ2n) is 5.16. The molecule has 0 bridgehead atoms. The molecule has 0 aliphatic carbocycles. The van der Waals surface area contributed by atoms with Crippen molar-refractivity contribution in [1.82, 2.24) is 5.43 Å². The molecule has 0 saturated heterocycles. The number of hydrogen-bond acceptors (Lipinski definition) is 3. The van der Waals surface area contributed by atoms with Gasteiger partial charge in [-0.1, -0.05) is 26.8 Å². The molecule has 0 radical (unpaired) electrons. The van der Waals surface area contributed by atoms with E-state index in [2.05, 4.69) is 31.3 Å². The van der Waals surface area contributed by atoms with Gasteiger partial charge in [-0.15, -0.1) is 0 Å². The standard InChI is InChI=1S/C13H19N3O2/c1-8(15-16-12(14)18)10-7-9(13(2,3)4)5-6-11(10)17/h5-7,17H,1-4H3,(H3,14,16,18)/b15-8+. The average Bonchev–Trinajstić information content (AvgIpc) is 2.24. The highest BCUT2D eigenvalue weighted by atomic mass is 16.3. The summed E-state index contributed by atoms with van der Waals surface area (Å²) in [5.74, 6) is 0.121. The summed E-state index contributed by atoms with van der Waals surface area (Å²) in [5, 5.41) is 13.6. The van der Waals surface area contributed by atoms with Crippen LogP contribution in [0, 0.1) is 0 Å². The lowest BCUT2D eigenvalue weighted by molar-refractivity contribution is 0.249. The van der Waals surface area contributed by atoms with Crippen molar-refractivity contribution in [2.24, 2.45) is 10.8 Å². The maximum absolute atomic E-state index is 10.6. The second kappa shape index (κ2) is 5.08. The number of primary amides is 1. The van der Waals surface area contributed by atoms with Gasteiger partial charge < -0.3 is 10.8 Å². The van der Waals surface area contributed by atoms with Crippen LogP contribution in [0.25, 0.3) is 0 Å². The van der Waals surface area contributed by atoms with Crippen molar-refractivity contribution < 1.29 is 9.90 Å². The summed E-state index contributed by atoms with van der Waals surface area (Å²) in [6.07, 6.45) is 0. The zero-order valence-corrected chi connectivity index (χ0v) is 11.1. The van der Waals surface area contributed by atoms with Gasteiger partial charge in [0.15, 0.2) is 0 Å². The van der Waals surface area contributed by atoms with Crippen molar-refractivity contribution in [3.8, 4) is 5.75 Å². The number of phenolic OH excluding ortho intramolecular Hbond substituents is 1. The lowest BCUT2D eigenvalue weighted by Gasteiger charge is -2.20. The van der Waals surface area contributed by atoms with Gasteiger partial charge in [0.2, 0.25) is 0 Å². The Morgan fingerprint density at radius 3 is 2.50 bits per heavy atom. The van der Waals surface area contributed by atoms with Crippen LogP contribution in [0.2, 0.25) is 0 Å². The molecule has 0 heterocycles. The van der Waals surface area contributed by atoms with Gasteiger partial charge in [0.05, 0.1) is 5.71 Å². The van der Waals surface area contributed by atoms with Gasteiger partial charge in [-0.25, -0.2) is 10.2 Å². The summed E-state index contributed by atoms with van der Waals surface area (Å²) < 4.78 is 0. The fraction of sp³-hybridized carbons (Fsp3) is 0.385. The third kappa shape index (κ3) is 3.48. The Bertz CT molecular complexity index is 487. The summed E-state index contributed by atoms with van der Waals surface area (Å²) in [6.45, 7) is 7.93. The van der Waals surface area contributed by atoms with Crippen molar-refractivity contribution in [2.45, 2.75) is 33.1 Å². The third-order valence-electron chi connectivity index (χ3n) is 2.59. The molecule has 0 aliphatic heterocycles. The Hall–Kier alpha value is -2.04. The van der Waals surface area contributed by atoms with E-state index in [1.807, 2.05) is 12.1 Å². The number of hydrazone groups is 1. The predicted molar refractivity (Wildman–Crippen MR) is 71.7 cm³/mol. The fourth-order valence-electron chi connectivity index (χ4n) is 1.49. The number of rotatable bonds is 2. The number of nitrogens with zero attached hydrogens (tertiary/aromatic N) is 1. The third-order valence-corrected chi connectivity index (χ3v) is 2.59. The summed E-state index contributed by atoms with van der Waals surface area (Å²) in [4.78, 5) is 10.6. The fourth-order valence-corrected chi connectivity index (χ4v) is 1.49. The van der Waals surface area contributed by atoms with Crippen LogP contribution in [0.3, 0.4) is 0 Å². The summed E-state index contributed by atoms with van der Waals surface area (Å²) >= 11 is 0. The quantitative estimate of drug-likeness (QED) is 0.553. The van der Waals surface area contributed by atoms with Crippen LogP contribution in [0.4, 0.5) is 4.79 Å². The molecule has 1 aromatic carbocycles. The van der Waals surface area contributed by atoms with Gasteiger partial charge >= 0.3 is 6.03 Å². The first kappa shape index (κ1) is 14.0. The molecular weight excluding hydrogens is 230 g/mol. The molecule has 18 heavy (non-hydrogen) atoms. The number of urea groups is 1. The first-order valence-corrected chi connectivity index (χ1v) is 5.65. The maximum Gasteiger partial charge on any atom is 0.332 e. The van der Waals surface area contributed by atoms with E-state index in [4.69, 9.17) is 5.73 Å². The summed E-state index contributed by atoms with van der Waals surface area (Å²) in [5.41, 5.74) is 9.20. The lowest BCUT2D eigenvalue weighted by Crippen LogP contribution is -2.25. The molecule has 0 unspecified atom stereocenters. The Kier molecular flexibility index (Phi) is 3.96. The van der Waals surface area contributed by atoms with E-state index in [0.717, 1.165) is 5.56 Å². The van der Waals surface area contributed by atoms with E-state index in [9.17, 15) is 9.90 Å². The summed E-state index contributed by atoms with van der Waals surface area (Å²) in [6, 6.07) is 4.62. The Morgan fingerprint density at radius 2 is 2.00 bits per heavy atom. The highest BCUT2D eigenvalue weighted by Gasteiger charge is 2.16. The van der Waals surface area contributed by atoms with Gasteiger partial charge in [-0.05, 0) is 30.0 Å². The lowest BCUT2D eigenvalue weighted by atomic mass is 9.85. The molecule has 1 rings (SSSR count). The topological polar surface area (TPSA) is 87.7 Å². The zero-order valence-electron chi connectivity index (χ0n) is 11.1. The van der Waals surface area contributed by atoms with Gasteiger partial charge in [0, 0.05) is 5.56 Å². The van der Waals surface area contributed by atoms with Crippen LogP contribution in [0.15, 0.2) is 23.3 Å². The number of phenols is 1. The van der Waals surface area contributed by atoms with Gasteiger partial charge in [0.1, 0.15) is 5.75 Å². The van der Waals surface area contributed by atoms with E-state index in [1.54, 1.807) is 13.0 Å². The number of benzene rings is 1. The monoisotopic (exact) mass is 249 g/mol. The number of carbonyl (C=O) groups is 1. The van der Waals surface area contributed by atoms with Crippen LogP contribution in [0.5, 0.6) is 5.75 Å². The van der Waals surface area contributed by atoms with Crippen LogP contribution < -0.4 is 11.2 Å². The maximum atomic E-state index is 10.6. The van der Waals surface area contributed by atoms with Crippen LogP contribution in [0.1, 0.15) is 38.8 Å². The van der Waals surface area contributed by atoms with E-state index in [-0.39, 0.29) is 11.2 Å². The number of amides is 2. The normalized spacial score (nSPS) is 12.3. The smallest absolute Gasteiger partial charge is 0.332 e. The van der Waals surface area contributed by atoms with Crippen molar-refractivity contribution >= 4 is 11.7 Å². The SMILES string of the molecule is C/C(=N\NC(N)=O)c1cc(C(C)(C)C)ccc1O. The number of nitrogens with two attached hydrogens (primary N) is 1. The molecule has 5 heteroatoms. The molecule has 0 aliphatic rings. The number of nitrogens with one attached hydrogen (secondary N) is 1. The van der Waals surface area contributed by atoms with Crippen molar-refractivity contribution in [1.29, 1.82) is 0 Å². The van der Waals surface area contributed by atoms with Crippen molar-refractivity contribution in [2.75, 3.05) is 0 Å². The van der Waals surface area contributed by atoms with Crippen molar-refractivity contribution in [3.63, 3.8) is 0 Å². The van der Waals surface area contributed by atoms with E-state index < -0.39 is 6.03 Å². The molecule has 0 saturated carbocycles. The van der Waals surface area contributed by atoms with Gasteiger partial charge in [-0.2, -0.15) is 5.10 Å². The molecule has 2 amide bonds. The van der Waals surface area contributed by atoms with E-state index in [0.29, 0.717) is 11.3 Å². The average molecular weight is 249 g/mol. The highest BCUT2D eigenvalue weighted by Crippen LogP contribution is 2.27. The minimum absolute atomic E-state index is 0.0279. The molecule has 0 aromatic heterocycles. The van der Waals surface area contributed by atoms with Crippen LogP contribution in [-0.2, 0) is 5.41 Å². The minimum atomic E-state index is -0.735. The first-order chi connectivity index (χ1) is 8.21. The molecular formula is C13H19N3O2. The van der Waals surface area contributed by atoms with Crippen LogP contribution >= 0.6 is 0 Å². The molecule has 1 aromatic rings. The second-order valence-corrected chi connectivity index (χ2v) is 5.16.